The zero-order chi connectivity index (χ0) is 13.2. The fourth-order valence-electron chi connectivity index (χ4n) is 2.34. The largest absolute Gasteiger partial charge is 0.348 e. The van der Waals surface area contributed by atoms with Crippen molar-refractivity contribution in [2.75, 3.05) is 18.0 Å². The van der Waals surface area contributed by atoms with Crippen LogP contribution in [0.25, 0.3) is 10.7 Å². The van der Waals surface area contributed by atoms with Crippen LogP contribution in [-0.4, -0.2) is 32.8 Å². The number of aromatic nitrogens is 4. The first-order valence-corrected chi connectivity index (χ1v) is 7.81. The topological polar surface area (TPSA) is 49.7 Å². The zero-order valence-corrected chi connectivity index (χ0v) is 12.6. The Morgan fingerprint density at radius 2 is 2.00 bits per heavy atom. The Kier molecular flexibility index (Phi) is 3.65. The predicted octanol–water partition coefficient (Wildman–Crippen LogP) is 2.98. The maximum atomic E-state index is 5.14. The molecule has 19 heavy (non-hydrogen) atoms. The zero-order valence-electron chi connectivity index (χ0n) is 10.9. The number of hydrogen-bond acceptors (Lipinski definition) is 5. The average molecular weight is 295 g/mol. The number of anilines is 1. The Morgan fingerprint density at radius 3 is 2.63 bits per heavy atom. The number of H-pyrrole nitrogens is 1. The van der Waals surface area contributed by atoms with E-state index in [4.69, 9.17) is 12.2 Å². The van der Waals surface area contributed by atoms with E-state index < -0.39 is 0 Å². The summed E-state index contributed by atoms with van der Waals surface area (Å²) in [6.07, 6.45) is 7.10. The molecule has 0 amide bonds. The van der Waals surface area contributed by atoms with Gasteiger partial charge < -0.3 is 9.47 Å². The van der Waals surface area contributed by atoms with Gasteiger partial charge in [0.25, 0.3) is 0 Å². The van der Waals surface area contributed by atoms with Gasteiger partial charge in [0.15, 0.2) is 15.7 Å². The Balaban J connectivity index is 1.86. The number of thiazole rings is 1. The van der Waals surface area contributed by atoms with Crippen LogP contribution >= 0.6 is 23.6 Å². The van der Waals surface area contributed by atoms with Crippen molar-refractivity contribution in [3.8, 4) is 10.7 Å². The Labute approximate surface area is 121 Å². The molecule has 1 aliphatic heterocycles. The lowest BCUT2D eigenvalue weighted by Crippen LogP contribution is -2.23. The highest BCUT2D eigenvalue weighted by atomic mass is 32.1. The van der Waals surface area contributed by atoms with Crippen molar-refractivity contribution in [3.63, 3.8) is 0 Å². The predicted molar refractivity (Wildman–Crippen MR) is 80.2 cm³/mol. The summed E-state index contributed by atoms with van der Waals surface area (Å²) in [7, 11) is 1.92. The molecule has 0 spiro atoms. The summed E-state index contributed by atoms with van der Waals surface area (Å²) in [6.45, 7) is 2.23. The number of nitrogens with one attached hydrogen (secondary N) is 1. The molecule has 1 saturated heterocycles. The summed E-state index contributed by atoms with van der Waals surface area (Å²) in [6, 6.07) is 0. The summed E-state index contributed by atoms with van der Waals surface area (Å²) in [5, 5.41) is 8.18. The van der Waals surface area contributed by atoms with Crippen LogP contribution in [0.3, 0.4) is 0 Å². The van der Waals surface area contributed by atoms with Gasteiger partial charge in [-0.25, -0.2) is 4.98 Å². The first-order chi connectivity index (χ1) is 9.25. The molecule has 1 aliphatic rings. The third-order valence-electron chi connectivity index (χ3n) is 3.47. The van der Waals surface area contributed by atoms with Crippen LogP contribution in [0.5, 0.6) is 0 Å². The molecule has 2 aromatic heterocycles. The van der Waals surface area contributed by atoms with Gasteiger partial charge >= 0.3 is 0 Å². The minimum atomic E-state index is 0.639. The van der Waals surface area contributed by atoms with E-state index in [0.717, 1.165) is 28.9 Å². The van der Waals surface area contributed by atoms with E-state index in [9.17, 15) is 0 Å². The first kappa shape index (κ1) is 12.8. The smallest absolute Gasteiger partial charge is 0.195 e. The summed E-state index contributed by atoms with van der Waals surface area (Å²) in [5.74, 6) is 0.864. The second-order valence-corrected chi connectivity index (χ2v) is 6.22. The fraction of sp³-hybridized carbons (Fsp3) is 0.583. The third kappa shape index (κ3) is 2.57. The van der Waals surface area contributed by atoms with Gasteiger partial charge in [-0.15, -0.1) is 0 Å². The molecule has 7 heteroatoms. The van der Waals surface area contributed by atoms with Gasteiger partial charge in [-0.1, -0.05) is 24.2 Å². The van der Waals surface area contributed by atoms with Gasteiger partial charge in [-0.05, 0) is 25.1 Å². The third-order valence-corrected chi connectivity index (χ3v) is 4.89. The van der Waals surface area contributed by atoms with Gasteiger partial charge in [0.05, 0.1) is 11.1 Å². The minimum Gasteiger partial charge on any atom is -0.348 e. The number of aromatic amines is 1. The van der Waals surface area contributed by atoms with Crippen LogP contribution in [0.1, 0.15) is 25.7 Å². The second kappa shape index (κ2) is 5.42. The van der Waals surface area contributed by atoms with E-state index in [1.165, 1.54) is 25.7 Å². The number of rotatable bonds is 2. The summed E-state index contributed by atoms with van der Waals surface area (Å²) in [5.41, 5.74) is 0. The lowest BCUT2D eigenvalue weighted by molar-refractivity contribution is 0.726. The molecular formula is C12H17N5S2. The molecule has 1 N–H and O–H groups in total. The number of nitrogens with zero attached hydrogens (tertiary/aromatic N) is 4. The van der Waals surface area contributed by atoms with E-state index in [2.05, 4.69) is 20.1 Å². The van der Waals surface area contributed by atoms with Crippen molar-refractivity contribution in [2.45, 2.75) is 25.7 Å². The molecule has 0 unspecified atom stereocenters. The van der Waals surface area contributed by atoms with Crippen LogP contribution in [0.4, 0.5) is 5.13 Å². The van der Waals surface area contributed by atoms with Crippen LogP contribution in [-0.2, 0) is 7.05 Å². The van der Waals surface area contributed by atoms with E-state index in [1.54, 1.807) is 11.3 Å². The summed E-state index contributed by atoms with van der Waals surface area (Å²) >= 11 is 6.84. The van der Waals surface area contributed by atoms with Crippen molar-refractivity contribution in [1.29, 1.82) is 0 Å². The van der Waals surface area contributed by atoms with Gasteiger partial charge in [0.2, 0.25) is 0 Å². The molecule has 0 radical (unpaired) electrons. The molecule has 3 heterocycles. The van der Waals surface area contributed by atoms with Crippen molar-refractivity contribution >= 4 is 28.7 Å². The van der Waals surface area contributed by atoms with Gasteiger partial charge in [-0.2, -0.15) is 5.10 Å². The highest BCUT2D eigenvalue weighted by Crippen LogP contribution is 2.30. The van der Waals surface area contributed by atoms with Gasteiger partial charge in [0, 0.05) is 20.1 Å². The average Bonchev–Trinajstić information content (AvgIpc) is 2.90. The molecule has 1 fully saturated rings. The lowest BCUT2D eigenvalue weighted by Gasteiger charge is -2.18. The molecule has 0 aliphatic carbocycles. The normalized spacial score (nSPS) is 16.6. The molecule has 3 rings (SSSR count). The highest BCUT2D eigenvalue weighted by molar-refractivity contribution is 7.71. The second-order valence-electron chi connectivity index (χ2n) is 4.82. The van der Waals surface area contributed by atoms with Crippen LogP contribution in [0.2, 0.25) is 0 Å². The summed E-state index contributed by atoms with van der Waals surface area (Å²) in [4.78, 5) is 8.01. The van der Waals surface area contributed by atoms with Crippen LogP contribution in [0.15, 0.2) is 6.20 Å². The maximum Gasteiger partial charge on any atom is 0.195 e. The first-order valence-electron chi connectivity index (χ1n) is 6.58. The maximum absolute atomic E-state index is 5.14. The van der Waals surface area contributed by atoms with Crippen LogP contribution < -0.4 is 4.90 Å². The van der Waals surface area contributed by atoms with Crippen molar-refractivity contribution in [3.05, 3.63) is 11.0 Å². The lowest BCUT2D eigenvalue weighted by atomic mass is 10.2. The van der Waals surface area contributed by atoms with E-state index >= 15 is 0 Å². The molecule has 0 bridgehead atoms. The Morgan fingerprint density at radius 1 is 1.26 bits per heavy atom. The SMILES string of the molecule is Cn1c(-c2cnc(N3CCCCCC3)s2)n[nH]c1=S. The molecule has 0 saturated carbocycles. The number of hydrogen-bond donors (Lipinski definition) is 1. The molecule has 102 valence electrons. The quantitative estimate of drug-likeness (QED) is 0.865. The van der Waals surface area contributed by atoms with Crippen molar-refractivity contribution in [1.82, 2.24) is 19.7 Å². The Bertz CT molecular complexity index is 604. The van der Waals surface area contributed by atoms with E-state index in [1.807, 2.05) is 17.8 Å². The summed E-state index contributed by atoms with van der Waals surface area (Å²) < 4.78 is 2.52. The van der Waals surface area contributed by atoms with Crippen molar-refractivity contribution < 1.29 is 0 Å². The molecule has 0 aromatic carbocycles. The van der Waals surface area contributed by atoms with Gasteiger partial charge in [-0.3, -0.25) is 5.10 Å². The Hall–Kier alpha value is -1.21. The van der Waals surface area contributed by atoms with E-state index in [0.29, 0.717) is 4.77 Å². The molecule has 2 aromatic rings. The van der Waals surface area contributed by atoms with Crippen LogP contribution in [0, 0.1) is 4.77 Å². The van der Waals surface area contributed by atoms with Gasteiger partial charge in [0.1, 0.15) is 0 Å². The van der Waals surface area contributed by atoms with Crippen molar-refractivity contribution in [2.24, 2.45) is 7.05 Å². The molecule has 5 nitrogen and oxygen atoms in total. The standard InChI is InChI=1S/C12H17N5S2/c1-16-10(14-15-11(16)18)9-8-13-12(19-9)17-6-4-2-3-5-7-17/h8H,2-7H2,1H3,(H,15,18). The fourth-order valence-corrected chi connectivity index (χ4v) is 3.47. The highest BCUT2D eigenvalue weighted by Gasteiger charge is 2.16. The molecular weight excluding hydrogens is 278 g/mol. The van der Waals surface area contributed by atoms with E-state index in [-0.39, 0.29) is 0 Å². The monoisotopic (exact) mass is 295 g/mol. The molecule has 0 atom stereocenters. The minimum absolute atomic E-state index is 0.639.